The fourth-order valence-electron chi connectivity index (χ4n) is 4.91. The molecule has 15 heteroatoms. The van der Waals surface area contributed by atoms with E-state index in [4.69, 9.17) is 24.7 Å². The topological polar surface area (TPSA) is 182 Å². The fourth-order valence-corrected chi connectivity index (χ4v) is 6.41. The van der Waals surface area contributed by atoms with Crippen molar-refractivity contribution < 1.29 is 32.2 Å². The minimum atomic E-state index is -3.74. The summed E-state index contributed by atoms with van der Waals surface area (Å²) in [5.41, 5.74) is 6.82. The van der Waals surface area contributed by atoms with Gasteiger partial charge in [-0.1, -0.05) is 0 Å². The number of ether oxygens (including phenoxy) is 4. The maximum absolute atomic E-state index is 13.1. The van der Waals surface area contributed by atoms with Crippen LogP contribution in [0, 0.1) is 0 Å². The molecule has 14 nitrogen and oxygen atoms in total. The first-order chi connectivity index (χ1) is 16.6. The van der Waals surface area contributed by atoms with Crippen molar-refractivity contribution in [2.45, 2.75) is 68.3 Å². The summed E-state index contributed by atoms with van der Waals surface area (Å²) in [5.74, 6) is -1.13. The fraction of sp³-hybridized carbons (Fsp3) is 0.700. The number of piperidine rings is 1. The number of nitrogens with two attached hydrogens (primary N) is 1. The number of hydrogen-bond donors (Lipinski definition) is 3. The average Bonchev–Trinajstić information content (AvgIpc) is 3.48. The molecule has 4 N–H and O–H groups in total. The molecular formula is C20H29N7O7S. The van der Waals surface area contributed by atoms with Gasteiger partial charge in [-0.2, -0.15) is 0 Å². The first kappa shape index (κ1) is 24.3. The Hall–Kier alpha value is -2.43. The SMILES string of the molecule is COC(=O)C1CC(S(=O)(=O)NC[C@H]2O[C@@H](n3cnc4c(N)ncnc43)[C@H]3OC(C)(C)O[C@H]32)CCN1. The quantitative estimate of drug-likeness (QED) is 0.405. The van der Waals surface area contributed by atoms with Crippen LogP contribution in [0.15, 0.2) is 12.7 Å². The van der Waals surface area contributed by atoms with Crippen LogP contribution in [0.25, 0.3) is 11.2 Å². The van der Waals surface area contributed by atoms with Crippen LogP contribution in [0.5, 0.6) is 0 Å². The number of nitrogen functional groups attached to an aromatic ring is 1. The van der Waals surface area contributed by atoms with Gasteiger partial charge in [-0.15, -0.1) is 0 Å². The highest BCUT2D eigenvalue weighted by atomic mass is 32.2. The molecule has 0 spiro atoms. The molecule has 0 radical (unpaired) electrons. The number of anilines is 1. The van der Waals surface area contributed by atoms with Crippen molar-refractivity contribution in [1.82, 2.24) is 29.6 Å². The lowest BCUT2D eigenvalue weighted by Crippen LogP contribution is -2.51. The molecule has 3 saturated heterocycles. The maximum atomic E-state index is 13.1. The van der Waals surface area contributed by atoms with Gasteiger partial charge in [0.05, 0.1) is 18.7 Å². The van der Waals surface area contributed by atoms with E-state index in [1.165, 1.54) is 13.4 Å². The number of aromatic nitrogens is 4. The van der Waals surface area contributed by atoms with Crippen molar-refractivity contribution in [2.75, 3.05) is 25.9 Å². The van der Waals surface area contributed by atoms with Crippen LogP contribution < -0.4 is 15.8 Å². The Morgan fingerprint density at radius 2 is 2.09 bits per heavy atom. The number of nitrogens with zero attached hydrogens (tertiary/aromatic N) is 4. The number of sulfonamides is 1. The van der Waals surface area contributed by atoms with E-state index in [1.807, 2.05) is 0 Å². The number of carbonyl (C=O) groups excluding carboxylic acids is 1. The van der Waals surface area contributed by atoms with E-state index in [-0.39, 0.29) is 18.8 Å². The Labute approximate surface area is 201 Å². The van der Waals surface area contributed by atoms with E-state index in [0.29, 0.717) is 24.1 Å². The molecule has 0 saturated carbocycles. The maximum Gasteiger partial charge on any atom is 0.322 e. The molecule has 0 bridgehead atoms. The number of rotatable bonds is 6. The summed E-state index contributed by atoms with van der Waals surface area (Å²) < 4.78 is 53.7. The van der Waals surface area contributed by atoms with Crippen molar-refractivity contribution in [3.8, 4) is 0 Å². The monoisotopic (exact) mass is 511 g/mol. The van der Waals surface area contributed by atoms with E-state index in [0.717, 1.165) is 0 Å². The highest BCUT2D eigenvalue weighted by Gasteiger charge is 2.56. The molecular weight excluding hydrogens is 482 g/mol. The van der Waals surface area contributed by atoms with E-state index in [9.17, 15) is 13.2 Å². The van der Waals surface area contributed by atoms with Crippen LogP contribution in [0.3, 0.4) is 0 Å². The largest absolute Gasteiger partial charge is 0.468 e. The minimum absolute atomic E-state index is 0.0317. The van der Waals surface area contributed by atoms with Gasteiger partial charge in [0.25, 0.3) is 0 Å². The van der Waals surface area contributed by atoms with Crippen LogP contribution in [0.2, 0.25) is 0 Å². The lowest BCUT2D eigenvalue weighted by molar-refractivity contribution is -0.195. The highest BCUT2D eigenvalue weighted by molar-refractivity contribution is 7.90. The van der Waals surface area contributed by atoms with Crippen LogP contribution in [-0.2, 0) is 33.8 Å². The Morgan fingerprint density at radius 3 is 2.86 bits per heavy atom. The first-order valence-electron chi connectivity index (χ1n) is 11.3. The van der Waals surface area contributed by atoms with Gasteiger partial charge in [0.1, 0.15) is 36.2 Å². The summed E-state index contributed by atoms with van der Waals surface area (Å²) in [6.07, 6.45) is 0.996. The molecule has 2 aromatic heterocycles. The van der Waals surface area contributed by atoms with Gasteiger partial charge in [-0.05, 0) is 33.2 Å². The second-order valence-corrected chi connectivity index (χ2v) is 11.3. The predicted octanol–water partition coefficient (Wildman–Crippen LogP) is -0.961. The third-order valence-corrected chi connectivity index (χ3v) is 8.43. The lowest BCUT2D eigenvalue weighted by Gasteiger charge is -2.29. The Kier molecular flexibility index (Phi) is 6.17. The third-order valence-electron chi connectivity index (χ3n) is 6.55. The number of nitrogens with one attached hydrogen (secondary N) is 2. The Bertz CT molecular complexity index is 1220. The summed E-state index contributed by atoms with van der Waals surface area (Å²) in [6, 6.07) is -0.664. The molecule has 192 valence electrons. The van der Waals surface area contributed by atoms with Gasteiger partial charge < -0.3 is 30.0 Å². The van der Waals surface area contributed by atoms with E-state index >= 15 is 0 Å². The van der Waals surface area contributed by atoms with Crippen molar-refractivity contribution in [1.29, 1.82) is 0 Å². The lowest BCUT2D eigenvalue weighted by atomic mass is 10.0. The molecule has 3 fully saturated rings. The number of esters is 1. The standard InChI is InChI=1S/C20H29N7O7S/c1-20(2)33-14-12(7-26-35(29,30)10-4-5-22-11(6-10)19(28)31-3)32-18(15(14)34-20)27-9-25-13-16(21)23-8-24-17(13)27/h8-12,14-15,18,22,26H,4-7H2,1-3H3,(H2,21,23,24)/t10?,11?,12-,14+,15+,18-/m1/s1. The number of hydrogen-bond acceptors (Lipinski definition) is 12. The van der Waals surface area contributed by atoms with Crippen molar-refractivity contribution in [2.24, 2.45) is 0 Å². The molecule has 2 unspecified atom stereocenters. The zero-order valence-corrected chi connectivity index (χ0v) is 20.4. The summed E-state index contributed by atoms with van der Waals surface area (Å²) in [6.45, 7) is 3.94. The minimum Gasteiger partial charge on any atom is -0.468 e. The molecule has 5 heterocycles. The molecule has 3 aliphatic rings. The normalized spacial score (nSPS) is 32.5. The molecule has 5 rings (SSSR count). The van der Waals surface area contributed by atoms with E-state index < -0.39 is 57.6 Å². The number of fused-ring (bicyclic) bond motifs is 2. The Balaban J connectivity index is 1.33. The first-order valence-corrected chi connectivity index (χ1v) is 12.9. The Morgan fingerprint density at radius 1 is 1.31 bits per heavy atom. The van der Waals surface area contributed by atoms with Crippen molar-refractivity contribution in [3.05, 3.63) is 12.7 Å². The number of carbonyl (C=O) groups is 1. The van der Waals surface area contributed by atoms with Gasteiger partial charge in [-0.3, -0.25) is 9.36 Å². The van der Waals surface area contributed by atoms with Gasteiger partial charge in [0.2, 0.25) is 10.0 Å². The number of imidazole rings is 1. The molecule has 3 aliphatic heterocycles. The molecule has 0 aromatic carbocycles. The molecule has 0 aliphatic carbocycles. The molecule has 35 heavy (non-hydrogen) atoms. The highest BCUT2D eigenvalue weighted by Crippen LogP contribution is 2.43. The summed E-state index contributed by atoms with van der Waals surface area (Å²) >= 11 is 0. The van der Waals surface area contributed by atoms with E-state index in [1.54, 1.807) is 24.7 Å². The summed E-state index contributed by atoms with van der Waals surface area (Å²) in [5, 5.41) is 2.25. The van der Waals surface area contributed by atoms with Crippen LogP contribution in [0.4, 0.5) is 5.82 Å². The predicted molar refractivity (Wildman–Crippen MR) is 121 cm³/mol. The zero-order chi connectivity index (χ0) is 25.0. The second kappa shape index (κ2) is 8.90. The van der Waals surface area contributed by atoms with Crippen molar-refractivity contribution >= 4 is 33.0 Å². The van der Waals surface area contributed by atoms with Crippen molar-refractivity contribution in [3.63, 3.8) is 0 Å². The second-order valence-electron chi connectivity index (χ2n) is 9.28. The molecule has 6 atom stereocenters. The summed E-state index contributed by atoms with van der Waals surface area (Å²) in [7, 11) is -2.47. The summed E-state index contributed by atoms with van der Waals surface area (Å²) in [4.78, 5) is 24.4. The van der Waals surface area contributed by atoms with Crippen LogP contribution in [-0.4, -0.2) is 89.5 Å². The van der Waals surface area contributed by atoms with Gasteiger partial charge in [0, 0.05) is 6.54 Å². The van der Waals surface area contributed by atoms with Gasteiger partial charge >= 0.3 is 5.97 Å². The zero-order valence-electron chi connectivity index (χ0n) is 19.6. The van der Waals surface area contributed by atoms with Crippen LogP contribution in [0.1, 0.15) is 32.9 Å². The number of methoxy groups -OCH3 is 1. The van der Waals surface area contributed by atoms with Gasteiger partial charge in [0.15, 0.2) is 23.5 Å². The van der Waals surface area contributed by atoms with Crippen LogP contribution >= 0.6 is 0 Å². The average molecular weight is 512 g/mol. The smallest absolute Gasteiger partial charge is 0.322 e. The molecule has 2 aromatic rings. The van der Waals surface area contributed by atoms with E-state index in [2.05, 4.69) is 25.0 Å². The molecule has 0 amide bonds. The third kappa shape index (κ3) is 4.47. The van der Waals surface area contributed by atoms with Gasteiger partial charge in [-0.25, -0.2) is 28.1 Å².